The Morgan fingerprint density at radius 1 is 1.36 bits per heavy atom. The summed E-state index contributed by atoms with van der Waals surface area (Å²) >= 11 is 0. The molecule has 0 unspecified atom stereocenters. The van der Waals surface area contributed by atoms with Crippen molar-refractivity contribution in [1.82, 2.24) is 5.32 Å². The predicted octanol–water partition coefficient (Wildman–Crippen LogP) is 2.11. The van der Waals surface area contributed by atoms with Crippen molar-refractivity contribution in [3.8, 4) is 0 Å². The van der Waals surface area contributed by atoms with Crippen LogP contribution in [-0.2, 0) is 9.53 Å². The van der Waals surface area contributed by atoms with Gasteiger partial charge in [0.05, 0.1) is 5.60 Å². The van der Waals surface area contributed by atoms with E-state index in [0.29, 0.717) is 13.0 Å². The zero-order valence-electron chi connectivity index (χ0n) is 9.85. The monoisotopic (exact) mass is 201 g/mol. The van der Waals surface area contributed by atoms with Crippen LogP contribution in [0.1, 0.15) is 47.0 Å². The summed E-state index contributed by atoms with van der Waals surface area (Å²) in [5, 5.41) is 2.85. The molecule has 0 spiro atoms. The summed E-state index contributed by atoms with van der Waals surface area (Å²) in [6, 6.07) is 0. The second-order valence-electron chi connectivity index (χ2n) is 4.06. The van der Waals surface area contributed by atoms with E-state index in [1.54, 1.807) is 0 Å². The van der Waals surface area contributed by atoms with Crippen molar-refractivity contribution >= 4 is 5.91 Å². The van der Waals surface area contributed by atoms with E-state index < -0.39 is 0 Å². The molecule has 0 heterocycles. The van der Waals surface area contributed by atoms with Crippen LogP contribution in [-0.4, -0.2) is 24.7 Å². The van der Waals surface area contributed by atoms with Gasteiger partial charge in [-0.3, -0.25) is 4.79 Å². The van der Waals surface area contributed by atoms with Crippen LogP contribution in [0.3, 0.4) is 0 Å². The fraction of sp³-hybridized carbons (Fsp3) is 0.909. The first-order valence-electron chi connectivity index (χ1n) is 5.42. The highest BCUT2D eigenvalue weighted by atomic mass is 16.5. The SMILES string of the molecule is CCCOC(C)(C)CCNC(=O)CC. The van der Waals surface area contributed by atoms with Gasteiger partial charge in [0.25, 0.3) is 0 Å². The largest absolute Gasteiger partial charge is 0.376 e. The Morgan fingerprint density at radius 3 is 2.50 bits per heavy atom. The van der Waals surface area contributed by atoms with E-state index in [4.69, 9.17) is 4.74 Å². The fourth-order valence-electron chi connectivity index (χ4n) is 1.08. The number of amides is 1. The molecule has 3 nitrogen and oxygen atoms in total. The summed E-state index contributed by atoms with van der Waals surface area (Å²) in [7, 11) is 0. The Kier molecular flexibility index (Phi) is 6.54. The van der Waals surface area contributed by atoms with Crippen LogP contribution in [0.15, 0.2) is 0 Å². The van der Waals surface area contributed by atoms with Crippen LogP contribution in [0.25, 0.3) is 0 Å². The maximum absolute atomic E-state index is 11.0. The summed E-state index contributed by atoms with van der Waals surface area (Å²) in [6.45, 7) is 9.54. The lowest BCUT2D eigenvalue weighted by atomic mass is 10.1. The lowest BCUT2D eigenvalue weighted by Gasteiger charge is -2.25. The van der Waals surface area contributed by atoms with E-state index >= 15 is 0 Å². The molecule has 0 bridgehead atoms. The van der Waals surface area contributed by atoms with Gasteiger partial charge in [-0.1, -0.05) is 13.8 Å². The molecule has 0 fully saturated rings. The number of hydrogen-bond acceptors (Lipinski definition) is 2. The first kappa shape index (κ1) is 13.4. The summed E-state index contributed by atoms with van der Waals surface area (Å²) in [5.41, 5.74) is -0.128. The zero-order chi connectivity index (χ0) is 11.0. The Balaban J connectivity index is 3.59. The van der Waals surface area contributed by atoms with Crippen molar-refractivity contribution in [2.24, 2.45) is 0 Å². The van der Waals surface area contributed by atoms with Crippen molar-refractivity contribution in [3.05, 3.63) is 0 Å². The van der Waals surface area contributed by atoms with Gasteiger partial charge >= 0.3 is 0 Å². The minimum atomic E-state index is -0.128. The van der Waals surface area contributed by atoms with Crippen molar-refractivity contribution in [1.29, 1.82) is 0 Å². The molecule has 0 saturated heterocycles. The maximum atomic E-state index is 11.0. The van der Waals surface area contributed by atoms with Crippen LogP contribution >= 0.6 is 0 Å². The topological polar surface area (TPSA) is 38.3 Å². The molecule has 0 aromatic rings. The lowest BCUT2D eigenvalue weighted by Crippen LogP contribution is -2.32. The van der Waals surface area contributed by atoms with Crippen LogP contribution in [0.2, 0.25) is 0 Å². The van der Waals surface area contributed by atoms with E-state index in [0.717, 1.165) is 19.4 Å². The second-order valence-corrected chi connectivity index (χ2v) is 4.06. The molecule has 0 atom stereocenters. The number of nitrogens with one attached hydrogen (secondary N) is 1. The van der Waals surface area contributed by atoms with Crippen LogP contribution in [0, 0.1) is 0 Å². The van der Waals surface area contributed by atoms with Crippen molar-refractivity contribution in [2.75, 3.05) is 13.2 Å². The highest BCUT2D eigenvalue weighted by Gasteiger charge is 2.17. The van der Waals surface area contributed by atoms with Gasteiger partial charge in [-0.05, 0) is 26.7 Å². The molecule has 0 aromatic carbocycles. The number of carbonyl (C=O) groups is 1. The smallest absolute Gasteiger partial charge is 0.219 e. The van der Waals surface area contributed by atoms with Gasteiger partial charge in [-0.2, -0.15) is 0 Å². The fourth-order valence-corrected chi connectivity index (χ4v) is 1.08. The van der Waals surface area contributed by atoms with E-state index in [1.165, 1.54) is 0 Å². The van der Waals surface area contributed by atoms with Gasteiger partial charge in [0, 0.05) is 19.6 Å². The average molecular weight is 201 g/mol. The van der Waals surface area contributed by atoms with Gasteiger partial charge in [-0.25, -0.2) is 0 Å². The highest BCUT2D eigenvalue weighted by Crippen LogP contribution is 2.13. The van der Waals surface area contributed by atoms with Crippen LogP contribution < -0.4 is 5.32 Å². The normalized spacial score (nSPS) is 11.4. The van der Waals surface area contributed by atoms with E-state index in [1.807, 2.05) is 6.92 Å². The summed E-state index contributed by atoms with van der Waals surface area (Å²) in [6.07, 6.45) is 2.44. The molecular weight excluding hydrogens is 178 g/mol. The molecule has 0 aromatic heterocycles. The summed E-state index contributed by atoms with van der Waals surface area (Å²) in [4.78, 5) is 11.0. The molecular formula is C11H23NO2. The lowest BCUT2D eigenvalue weighted by molar-refractivity contribution is -0.121. The van der Waals surface area contributed by atoms with E-state index in [-0.39, 0.29) is 11.5 Å². The molecule has 3 heteroatoms. The molecule has 0 saturated carbocycles. The third-order valence-corrected chi connectivity index (χ3v) is 2.07. The van der Waals surface area contributed by atoms with Gasteiger partial charge in [0.15, 0.2) is 0 Å². The molecule has 0 rings (SSSR count). The minimum Gasteiger partial charge on any atom is -0.376 e. The molecule has 0 radical (unpaired) electrons. The minimum absolute atomic E-state index is 0.108. The number of carbonyl (C=O) groups excluding carboxylic acids is 1. The van der Waals surface area contributed by atoms with Gasteiger partial charge in [-0.15, -0.1) is 0 Å². The Labute approximate surface area is 87.2 Å². The highest BCUT2D eigenvalue weighted by molar-refractivity contribution is 5.75. The quantitative estimate of drug-likeness (QED) is 0.685. The standard InChI is InChI=1S/C11H23NO2/c1-5-9-14-11(3,4)7-8-12-10(13)6-2/h5-9H2,1-4H3,(H,12,13). The molecule has 84 valence electrons. The summed E-state index contributed by atoms with van der Waals surface area (Å²) in [5.74, 6) is 0.108. The third-order valence-electron chi connectivity index (χ3n) is 2.07. The Morgan fingerprint density at radius 2 is 2.00 bits per heavy atom. The average Bonchev–Trinajstić information content (AvgIpc) is 2.14. The van der Waals surface area contributed by atoms with Crippen molar-refractivity contribution < 1.29 is 9.53 Å². The Bertz CT molecular complexity index is 167. The van der Waals surface area contributed by atoms with Gasteiger partial charge in [0.2, 0.25) is 5.91 Å². The van der Waals surface area contributed by atoms with Crippen molar-refractivity contribution in [2.45, 2.75) is 52.6 Å². The van der Waals surface area contributed by atoms with Crippen molar-refractivity contribution in [3.63, 3.8) is 0 Å². The zero-order valence-corrected chi connectivity index (χ0v) is 9.85. The van der Waals surface area contributed by atoms with E-state index in [2.05, 4.69) is 26.1 Å². The second kappa shape index (κ2) is 6.82. The molecule has 0 aliphatic carbocycles. The molecule has 0 aliphatic rings. The number of ether oxygens (including phenoxy) is 1. The van der Waals surface area contributed by atoms with Crippen LogP contribution in [0.4, 0.5) is 0 Å². The van der Waals surface area contributed by atoms with Gasteiger partial charge < -0.3 is 10.1 Å². The van der Waals surface area contributed by atoms with E-state index in [9.17, 15) is 4.79 Å². The van der Waals surface area contributed by atoms with Crippen LogP contribution in [0.5, 0.6) is 0 Å². The Hall–Kier alpha value is -0.570. The maximum Gasteiger partial charge on any atom is 0.219 e. The molecule has 1 amide bonds. The first-order chi connectivity index (χ1) is 6.52. The summed E-state index contributed by atoms with van der Waals surface area (Å²) < 4.78 is 5.64. The first-order valence-corrected chi connectivity index (χ1v) is 5.42. The molecule has 1 N–H and O–H groups in total. The van der Waals surface area contributed by atoms with Gasteiger partial charge in [0.1, 0.15) is 0 Å². The predicted molar refractivity (Wildman–Crippen MR) is 58.2 cm³/mol. The third kappa shape index (κ3) is 6.89. The number of rotatable bonds is 7. The molecule has 14 heavy (non-hydrogen) atoms. The number of hydrogen-bond donors (Lipinski definition) is 1. The molecule has 0 aliphatic heterocycles.